The molecule has 2 heterocycles. The van der Waals surface area contributed by atoms with Crippen LogP contribution in [0.15, 0.2) is 34.9 Å². The minimum atomic E-state index is -0.273. The second-order valence-electron chi connectivity index (χ2n) is 6.10. The third-order valence-corrected chi connectivity index (χ3v) is 4.89. The summed E-state index contributed by atoms with van der Waals surface area (Å²) in [6.07, 6.45) is 1.76. The van der Waals surface area contributed by atoms with E-state index in [1.807, 2.05) is 20.8 Å². The van der Waals surface area contributed by atoms with Crippen LogP contribution in [0.25, 0.3) is 0 Å². The van der Waals surface area contributed by atoms with E-state index in [1.165, 1.54) is 6.07 Å². The van der Waals surface area contributed by atoms with Gasteiger partial charge in [0.05, 0.1) is 33.8 Å². The second kappa shape index (κ2) is 7.41. The molecular formula is C18H19BrFN5O. The summed E-state index contributed by atoms with van der Waals surface area (Å²) in [7, 11) is 0. The lowest BCUT2D eigenvalue weighted by molar-refractivity contribution is -0.116. The SMILES string of the molecule is Cc1nn(CC(=O)Nc2c(C)nn(Cc3ccccc3F)c2C)cc1Br. The number of nitrogens with one attached hydrogen (secondary N) is 1. The van der Waals surface area contributed by atoms with Gasteiger partial charge in [0.15, 0.2) is 0 Å². The van der Waals surface area contributed by atoms with Crippen LogP contribution in [-0.2, 0) is 17.9 Å². The first-order valence-corrected chi connectivity index (χ1v) is 8.91. The van der Waals surface area contributed by atoms with E-state index in [9.17, 15) is 9.18 Å². The fourth-order valence-corrected chi connectivity index (χ4v) is 3.04. The van der Waals surface area contributed by atoms with E-state index in [0.29, 0.717) is 23.5 Å². The van der Waals surface area contributed by atoms with Crippen LogP contribution in [-0.4, -0.2) is 25.5 Å². The molecule has 136 valence electrons. The maximum absolute atomic E-state index is 13.9. The minimum Gasteiger partial charge on any atom is -0.321 e. The predicted octanol–water partition coefficient (Wildman–Crippen LogP) is 3.59. The number of carbonyl (C=O) groups is 1. The van der Waals surface area contributed by atoms with Crippen LogP contribution in [0.1, 0.15) is 22.6 Å². The summed E-state index contributed by atoms with van der Waals surface area (Å²) in [6, 6.07) is 6.59. The summed E-state index contributed by atoms with van der Waals surface area (Å²) in [4.78, 5) is 12.3. The van der Waals surface area contributed by atoms with Crippen molar-refractivity contribution in [2.45, 2.75) is 33.9 Å². The normalized spacial score (nSPS) is 11.0. The second-order valence-corrected chi connectivity index (χ2v) is 6.96. The lowest BCUT2D eigenvalue weighted by Crippen LogP contribution is -2.20. The summed E-state index contributed by atoms with van der Waals surface area (Å²) in [5.74, 6) is -0.470. The number of anilines is 1. The van der Waals surface area contributed by atoms with E-state index in [-0.39, 0.29) is 18.3 Å². The van der Waals surface area contributed by atoms with Gasteiger partial charge in [-0.05, 0) is 42.8 Å². The van der Waals surface area contributed by atoms with Crippen molar-refractivity contribution in [3.8, 4) is 0 Å². The van der Waals surface area contributed by atoms with E-state index in [4.69, 9.17) is 0 Å². The highest BCUT2D eigenvalue weighted by atomic mass is 79.9. The highest BCUT2D eigenvalue weighted by molar-refractivity contribution is 9.10. The minimum absolute atomic E-state index is 0.101. The van der Waals surface area contributed by atoms with E-state index in [1.54, 1.807) is 33.8 Å². The van der Waals surface area contributed by atoms with Crippen LogP contribution >= 0.6 is 15.9 Å². The molecule has 0 fully saturated rings. The molecule has 0 radical (unpaired) electrons. The Kier molecular flexibility index (Phi) is 5.22. The Hall–Kier alpha value is -2.48. The van der Waals surface area contributed by atoms with Crippen LogP contribution in [0, 0.1) is 26.6 Å². The summed E-state index contributed by atoms with van der Waals surface area (Å²) in [5, 5.41) is 11.6. The van der Waals surface area contributed by atoms with Gasteiger partial charge in [-0.3, -0.25) is 14.2 Å². The van der Waals surface area contributed by atoms with E-state index in [0.717, 1.165) is 15.9 Å². The quantitative estimate of drug-likeness (QED) is 0.686. The van der Waals surface area contributed by atoms with E-state index in [2.05, 4.69) is 31.4 Å². The largest absolute Gasteiger partial charge is 0.321 e. The first-order valence-electron chi connectivity index (χ1n) is 8.12. The zero-order chi connectivity index (χ0) is 18.8. The molecule has 3 aromatic rings. The first-order chi connectivity index (χ1) is 12.3. The summed E-state index contributed by atoms with van der Waals surface area (Å²) in [6.45, 7) is 5.93. The molecule has 0 bridgehead atoms. The number of aromatic nitrogens is 4. The number of hydrogen-bond acceptors (Lipinski definition) is 3. The maximum Gasteiger partial charge on any atom is 0.246 e. The highest BCUT2D eigenvalue weighted by Crippen LogP contribution is 2.21. The number of carbonyl (C=O) groups excluding carboxylic acids is 1. The van der Waals surface area contributed by atoms with Gasteiger partial charge in [0.1, 0.15) is 12.4 Å². The van der Waals surface area contributed by atoms with Crippen molar-refractivity contribution in [1.82, 2.24) is 19.6 Å². The van der Waals surface area contributed by atoms with Crippen molar-refractivity contribution in [3.63, 3.8) is 0 Å². The fourth-order valence-electron chi connectivity index (χ4n) is 2.72. The van der Waals surface area contributed by atoms with Gasteiger partial charge in [-0.2, -0.15) is 10.2 Å². The molecule has 2 aromatic heterocycles. The molecule has 1 N–H and O–H groups in total. The molecule has 26 heavy (non-hydrogen) atoms. The molecule has 0 unspecified atom stereocenters. The van der Waals surface area contributed by atoms with Crippen molar-refractivity contribution in [3.05, 3.63) is 63.4 Å². The molecule has 1 amide bonds. The van der Waals surface area contributed by atoms with Crippen LogP contribution in [0.3, 0.4) is 0 Å². The van der Waals surface area contributed by atoms with Gasteiger partial charge in [0.2, 0.25) is 5.91 Å². The lowest BCUT2D eigenvalue weighted by Gasteiger charge is -2.08. The smallest absolute Gasteiger partial charge is 0.246 e. The lowest BCUT2D eigenvalue weighted by atomic mass is 10.2. The number of benzene rings is 1. The monoisotopic (exact) mass is 419 g/mol. The van der Waals surface area contributed by atoms with Gasteiger partial charge in [-0.15, -0.1) is 0 Å². The van der Waals surface area contributed by atoms with Gasteiger partial charge in [0.25, 0.3) is 0 Å². The Morgan fingerprint density at radius 2 is 1.92 bits per heavy atom. The average Bonchev–Trinajstić information content (AvgIpc) is 3.03. The van der Waals surface area contributed by atoms with E-state index >= 15 is 0 Å². The highest BCUT2D eigenvalue weighted by Gasteiger charge is 2.16. The number of amides is 1. The number of nitrogens with zero attached hydrogens (tertiary/aromatic N) is 4. The number of rotatable bonds is 5. The van der Waals surface area contributed by atoms with Crippen molar-refractivity contribution < 1.29 is 9.18 Å². The Bertz CT molecular complexity index is 943. The van der Waals surface area contributed by atoms with Gasteiger partial charge in [-0.25, -0.2) is 4.39 Å². The molecule has 1 aromatic carbocycles. The van der Waals surface area contributed by atoms with E-state index < -0.39 is 0 Å². The zero-order valence-corrected chi connectivity index (χ0v) is 16.3. The number of hydrogen-bond donors (Lipinski definition) is 1. The molecule has 0 saturated heterocycles. The Balaban J connectivity index is 1.75. The Morgan fingerprint density at radius 1 is 1.19 bits per heavy atom. The third kappa shape index (κ3) is 3.85. The molecule has 0 aliphatic heterocycles. The maximum atomic E-state index is 13.9. The standard InChI is InChI=1S/C18H19BrFN5O/c1-11-15(19)9-24(22-11)10-17(26)21-18-12(2)23-25(13(18)3)8-14-6-4-5-7-16(14)20/h4-7,9H,8,10H2,1-3H3,(H,21,26). The fraction of sp³-hybridized carbons (Fsp3) is 0.278. The van der Waals surface area contributed by atoms with Gasteiger partial charge in [-0.1, -0.05) is 18.2 Å². The molecule has 6 nitrogen and oxygen atoms in total. The summed E-state index contributed by atoms with van der Waals surface area (Å²) >= 11 is 3.38. The van der Waals surface area contributed by atoms with Gasteiger partial charge >= 0.3 is 0 Å². The number of halogens is 2. The Morgan fingerprint density at radius 3 is 2.58 bits per heavy atom. The molecule has 3 rings (SSSR count). The van der Waals surface area contributed by atoms with Crippen molar-refractivity contribution in [2.24, 2.45) is 0 Å². The van der Waals surface area contributed by atoms with Crippen LogP contribution < -0.4 is 5.32 Å². The van der Waals surface area contributed by atoms with Crippen molar-refractivity contribution >= 4 is 27.5 Å². The van der Waals surface area contributed by atoms with Crippen LogP contribution in [0.5, 0.6) is 0 Å². The predicted molar refractivity (Wildman–Crippen MR) is 100 cm³/mol. The third-order valence-electron chi connectivity index (χ3n) is 4.12. The van der Waals surface area contributed by atoms with Crippen LogP contribution in [0.2, 0.25) is 0 Å². The molecule has 0 atom stereocenters. The number of aryl methyl sites for hydroxylation is 2. The molecule has 0 saturated carbocycles. The molecule has 0 aliphatic rings. The molecular weight excluding hydrogens is 401 g/mol. The molecule has 0 aliphatic carbocycles. The van der Waals surface area contributed by atoms with Crippen molar-refractivity contribution in [1.29, 1.82) is 0 Å². The summed E-state index contributed by atoms with van der Waals surface area (Å²) in [5.41, 5.74) is 3.48. The van der Waals surface area contributed by atoms with Gasteiger partial charge in [0, 0.05) is 11.8 Å². The first kappa shape index (κ1) is 18.3. The zero-order valence-electron chi connectivity index (χ0n) is 14.8. The van der Waals surface area contributed by atoms with Crippen molar-refractivity contribution in [2.75, 3.05) is 5.32 Å². The molecule has 8 heteroatoms. The average molecular weight is 420 g/mol. The van der Waals surface area contributed by atoms with Crippen LogP contribution in [0.4, 0.5) is 10.1 Å². The Labute approximate surface area is 159 Å². The summed E-state index contributed by atoms with van der Waals surface area (Å²) < 4.78 is 18.0. The van der Waals surface area contributed by atoms with Gasteiger partial charge < -0.3 is 5.32 Å². The topological polar surface area (TPSA) is 64.7 Å². The molecule has 0 spiro atoms.